The first kappa shape index (κ1) is 13.5. The van der Waals surface area contributed by atoms with Gasteiger partial charge in [-0.2, -0.15) is 5.26 Å². The average molecular weight is 234 g/mol. The molecule has 1 unspecified atom stereocenters. The monoisotopic (exact) mass is 234 g/mol. The molecule has 0 amide bonds. The van der Waals surface area contributed by atoms with Gasteiger partial charge in [0.2, 0.25) is 0 Å². The van der Waals surface area contributed by atoms with Crippen LogP contribution in [0.4, 0.5) is 0 Å². The first-order chi connectivity index (χ1) is 8.22. The van der Waals surface area contributed by atoms with E-state index in [1.807, 2.05) is 36.2 Å². The highest BCUT2D eigenvalue weighted by Gasteiger charge is 2.15. The Labute approximate surface area is 102 Å². The molecule has 0 aliphatic carbocycles. The number of hydrogen-bond acceptors (Lipinski definition) is 4. The maximum absolute atomic E-state index is 9.21. The van der Waals surface area contributed by atoms with Gasteiger partial charge >= 0.3 is 0 Å². The van der Waals surface area contributed by atoms with Crippen LogP contribution in [0.5, 0.6) is 5.75 Å². The van der Waals surface area contributed by atoms with E-state index in [2.05, 4.69) is 6.07 Å². The second-order valence-electron chi connectivity index (χ2n) is 3.78. The Hall–Kier alpha value is -1.57. The zero-order valence-electron chi connectivity index (χ0n) is 10.5. The summed E-state index contributed by atoms with van der Waals surface area (Å²) < 4.78 is 10.1. The third-order valence-corrected chi connectivity index (χ3v) is 2.64. The van der Waals surface area contributed by atoms with Gasteiger partial charge in [-0.1, -0.05) is 12.1 Å². The van der Waals surface area contributed by atoms with E-state index in [4.69, 9.17) is 9.47 Å². The molecule has 0 heterocycles. The Morgan fingerprint density at radius 3 is 2.41 bits per heavy atom. The van der Waals surface area contributed by atoms with Crippen molar-refractivity contribution in [3.8, 4) is 11.8 Å². The molecule has 4 nitrogen and oxygen atoms in total. The van der Waals surface area contributed by atoms with Crippen molar-refractivity contribution in [1.29, 1.82) is 5.26 Å². The average Bonchev–Trinajstić information content (AvgIpc) is 2.38. The van der Waals surface area contributed by atoms with E-state index in [1.165, 1.54) is 0 Å². The minimum atomic E-state index is -0.254. The summed E-state index contributed by atoms with van der Waals surface area (Å²) in [6, 6.07) is 9.60. The third kappa shape index (κ3) is 3.74. The minimum absolute atomic E-state index is 0.254. The molecule has 0 N–H and O–H groups in total. The largest absolute Gasteiger partial charge is 0.497 e. The molecule has 0 aliphatic rings. The van der Waals surface area contributed by atoms with Gasteiger partial charge in [0.25, 0.3) is 0 Å². The van der Waals surface area contributed by atoms with Gasteiger partial charge in [-0.25, -0.2) is 0 Å². The molecule has 0 spiro atoms. The lowest BCUT2D eigenvalue weighted by Crippen LogP contribution is -2.27. The highest BCUT2D eigenvalue weighted by molar-refractivity contribution is 5.31. The molecule has 0 fully saturated rings. The normalized spacial score (nSPS) is 12.2. The number of hydrogen-bond donors (Lipinski definition) is 0. The Kier molecular flexibility index (Phi) is 5.47. The highest BCUT2D eigenvalue weighted by atomic mass is 16.5. The Morgan fingerprint density at radius 1 is 1.29 bits per heavy atom. The van der Waals surface area contributed by atoms with Gasteiger partial charge in [-0.05, 0) is 24.7 Å². The summed E-state index contributed by atoms with van der Waals surface area (Å²) in [5.74, 6) is 0.796. The summed E-state index contributed by atoms with van der Waals surface area (Å²) in [6.07, 6.45) is 0. The van der Waals surface area contributed by atoms with Gasteiger partial charge in [0.05, 0.1) is 19.8 Å². The topological polar surface area (TPSA) is 45.5 Å². The molecular formula is C13H18N2O2. The molecule has 0 saturated heterocycles. The van der Waals surface area contributed by atoms with Crippen molar-refractivity contribution in [3.63, 3.8) is 0 Å². The minimum Gasteiger partial charge on any atom is -0.497 e. The van der Waals surface area contributed by atoms with Crippen LogP contribution in [0.15, 0.2) is 24.3 Å². The van der Waals surface area contributed by atoms with Crippen molar-refractivity contribution in [2.45, 2.75) is 6.04 Å². The van der Waals surface area contributed by atoms with Crippen molar-refractivity contribution in [3.05, 3.63) is 29.8 Å². The van der Waals surface area contributed by atoms with Gasteiger partial charge in [-0.3, -0.25) is 4.90 Å². The van der Waals surface area contributed by atoms with Crippen LogP contribution in [0.3, 0.4) is 0 Å². The zero-order chi connectivity index (χ0) is 12.7. The first-order valence-electron chi connectivity index (χ1n) is 5.45. The molecule has 92 valence electrons. The number of likely N-dealkylation sites (N-methyl/N-ethyl adjacent to an activating group) is 1. The van der Waals surface area contributed by atoms with Gasteiger partial charge in [0, 0.05) is 13.7 Å². The van der Waals surface area contributed by atoms with Crippen LogP contribution in [0.25, 0.3) is 0 Å². The first-order valence-corrected chi connectivity index (χ1v) is 5.45. The Balaban J connectivity index is 2.75. The fourth-order valence-corrected chi connectivity index (χ4v) is 1.58. The smallest absolute Gasteiger partial charge is 0.123 e. The van der Waals surface area contributed by atoms with Crippen molar-refractivity contribution in [2.75, 3.05) is 34.4 Å². The summed E-state index contributed by atoms with van der Waals surface area (Å²) in [5, 5.41) is 9.21. The molecule has 1 aromatic carbocycles. The van der Waals surface area contributed by atoms with E-state index in [0.717, 1.165) is 17.9 Å². The number of methoxy groups -OCH3 is 2. The fraction of sp³-hybridized carbons (Fsp3) is 0.462. The molecule has 4 heteroatoms. The summed E-state index contributed by atoms with van der Waals surface area (Å²) >= 11 is 0. The summed E-state index contributed by atoms with van der Waals surface area (Å²) in [6.45, 7) is 1.34. The second-order valence-corrected chi connectivity index (χ2v) is 3.78. The second kappa shape index (κ2) is 6.89. The Bertz CT molecular complexity index is 370. The fourth-order valence-electron chi connectivity index (χ4n) is 1.58. The predicted octanol–water partition coefficient (Wildman–Crippen LogP) is 1.84. The third-order valence-electron chi connectivity index (χ3n) is 2.64. The highest BCUT2D eigenvalue weighted by Crippen LogP contribution is 2.21. The molecular weight excluding hydrogens is 216 g/mol. The maximum atomic E-state index is 9.21. The quantitative estimate of drug-likeness (QED) is 0.753. The van der Waals surface area contributed by atoms with Gasteiger partial charge in [0.15, 0.2) is 0 Å². The van der Waals surface area contributed by atoms with Crippen LogP contribution in [0, 0.1) is 11.3 Å². The molecule has 1 atom stereocenters. The van der Waals surface area contributed by atoms with Gasteiger partial charge in [0.1, 0.15) is 11.8 Å². The number of rotatable bonds is 6. The van der Waals surface area contributed by atoms with Crippen molar-refractivity contribution >= 4 is 0 Å². The summed E-state index contributed by atoms with van der Waals surface area (Å²) in [7, 11) is 5.20. The molecule has 0 radical (unpaired) electrons. The number of benzene rings is 1. The van der Waals surface area contributed by atoms with Crippen molar-refractivity contribution < 1.29 is 9.47 Å². The van der Waals surface area contributed by atoms with Crippen LogP contribution < -0.4 is 4.74 Å². The summed E-state index contributed by atoms with van der Waals surface area (Å²) in [5.41, 5.74) is 0.965. The number of nitrogens with zero attached hydrogens (tertiary/aromatic N) is 2. The molecule has 0 aliphatic heterocycles. The van der Waals surface area contributed by atoms with Crippen LogP contribution in [0.1, 0.15) is 11.6 Å². The lowest BCUT2D eigenvalue weighted by atomic mass is 10.1. The lowest BCUT2D eigenvalue weighted by molar-refractivity contribution is 0.151. The number of nitriles is 1. The summed E-state index contributed by atoms with van der Waals surface area (Å²) in [4.78, 5) is 1.96. The van der Waals surface area contributed by atoms with Gasteiger partial charge in [-0.15, -0.1) is 0 Å². The van der Waals surface area contributed by atoms with Crippen LogP contribution in [-0.4, -0.2) is 39.3 Å². The molecule has 1 rings (SSSR count). The van der Waals surface area contributed by atoms with Crippen LogP contribution in [0.2, 0.25) is 0 Å². The van der Waals surface area contributed by atoms with Crippen molar-refractivity contribution in [1.82, 2.24) is 4.90 Å². The van der Waals surface area contributed by atoms with E-state index >= 15 is 0 Å². The molecule has 0 aromatic heterocycles. The van der Waals surface area contributed by atoms with E-state index in [-0.39, 0.29) is 6.04 Å². The van der Waals surface area contributed by atoms with Crippen LogP contribution >= 0.6 is 0 Å². The molecule has 0 saturated carbocycles. The van der Waals surface area contributed by atoms with Crippen LogP contribution in [-0.2, 0) is 4.74 Å². The van der Waals surface area contributed by atoms with Gasteiger partial charge < -0.3 is 9.47 Å². The van der Waals surface area contributed by atoms with E-state index in [9.17, 15) is 5.26 Å². The molecule has 1 aromatic rings. The van der Waals surface area contributed by atoms with Crippen molar-refractivity contribution in [2.24, 2.45) is 0 Å². The number of ether oxygens (including phenoxy) is 2. The Morgan fingerprint density at radius 2 is 1.94 bits per heavy atom. The standard InChI is InChI=1S/C13H18N2O2/c1-15(8-9-16-2)13(10-14)11-4-6-12(17-3)7-5-11/h4-7,13H,8-9H2,1-3H3. The van der Waals surface area contributed by atoms with E-state index < -0.39 is 0 Å². The molecule has 0 bridgehead atoms. The molecule has 17 heavy (non-hydrogen) atoms. The predicted molar refractivity (Wildman–Crippen MR) is 65.9 cm³/mol. The maximum Gasteiger partial charge on any atom is 0.123 e. The van der Waals surface area contributed by atoms with E-state index in [0.29, 0.717) is 6.61 Å². The SMILES string of the molecule is COCCN(C)C(C#N)c1ccc(OC)cc1. The van der Waals surface area contributed by atoms with E-state index in [1.54, 1.807) is 14.2 Å². The zero-order valence-corrected chi connectivity index (χ0v) is 10.5. The lowest BCUT2D eigenvalue weighted by Gasteiger charge is -2.22.